The molecule has 2 nitrogen and oxygen atoms in total. The van der Waals surface area contributed by atoms with Crippen molar-refractivity contribution < 1.29 is 0 Å². The van der Waals surface area contributed by atoms with Crippen LogP contribution in [0.2, 0.25) is 0 Å². The maximum atomic E-state index is 3.61. The smallest absolute Gasteiger partial charge is 0.0964 e. The number of nitrogens with zero attached hydrogens (tertiary/aromatic N) is 1. The van der Waals surface area contributed by atoms with Crippen LogP contribution in [-0.4, -0.2) is 29.5 Å². The van der Waals surface area contributed by atoms with Gasteiger partial charge in [-0.1, -0.05) is 28.1 Å². The number of fused-ring (bicyclic) bond motifs is 1. The van der Waals surface area contributed by atoms with Crippen LogP contribution in [-0.2, 0) is 0 Å². The normalized spacial score (nSPS) is 34.5. The Morgan fingerprint density at radius 3 is 3.33 bits per heavy atom. The number of hydrogen-bond acceptors (Lipinski definition) is 2. The first kappa shape index (κ1) is 8.32. The molecular weight excluding hydrogens is 216 g/mol. The van der Waals surface area contributed by atoms with Gasteiger partial charge in [0, 0.05) is 19.3 Å². The number of alkyl halides is 1. The van der Waals surface area contributed by atoms with Crippen LogP contribution in [0.4, 0.5) is 0 Å². The number of allylic oxidation sites excluding steroid dienone is 2. The van der Waals surface area contributed by atoms with Crippen LogP contribution >= 0.6 is 15.9 Å². The highest BCUT2D eigenvalue weighted by atomic mass is 79.9. The van der Waals surface area contributed by atoms with Gasteiger partial charge in [0.1, 0.15) is 0 Å². The maximum absolute atomic E-state index is 3.61. The molecule has 2 unspecified atom stereocenters. The van der Waals surface area contributed by atoms with E-state index in [1.165, 1.54) is 5.70 Å². The number of rotatable bonds is 0. The van der Waals surface area contributed by atoms with Gasteiger partial charge in [-0.3, -0.25) is 0 Å². The number of nitrogens with one attached hydrogen (secondary N) is 1. The molecule has 1 N–H and O–H groups in total. The van der Waals surface area contributed by atoms with E-state index in [0.717, 1.165) is 13.0 Å². The zero-order valence-corrected chi connectivity index (χ0v) is 8.71. The molecule has 0 aromatic rings. The molecule has 2 aliphatic rings. The van der Waals surface area contributed by atoms with E-state index in [1.807, 2.05) is 0 Å². The van der Waals surface area contributed by atoms with E-state index >= 15 is 0 Å². The van der Waals surface area contributed by atoms with Crippen LogP contribution in [0.25, 0.3) is 0 Å². The minimum atomic E-state index is 0.437. The highest BCUT2D eigenvalue weighted by molar-refractivity contribution is 9.09. The van der Waals surface area contributed by atoms with Crippen molar-refractivity contribution in [3.8, 4) is 0 Å². The van der Waals surface area contributed by atoms with Crippen molar-refractivity contribution in [3.05, 3.63) is 23.9 Å². The topological polar surface area (TPSA) is 15.3 Å². The molecule has 66 valence electrons. The zero-order chi connectivity index (χ0) is 8.55. The minimum absolute atomic E-state index is 0.437. The van der Waals surface area contributed by atoms with E-state index in [9.17, 15) is 0 Å². The fourth-order valence-electron chi connectivity index (χ4n) is 1.71. The van der Waals surface area contributed by atoms with Gasteiger partial charge in [0.05, 0.1) is 11.0 Å². The molecule has 1 aliphatic heterocycles. The summed E-state index contributed by atoms with van der Waals surface area (Å²) in [5.74, 6) is 0. The van der Waals surface area contributed by atoms with Crippen LogP contribution in [0.1, 0.15) is 6.42 Å². The summed E-state index contributed by atoms with van der Waals surface area (Å²) < 4.78 is 0. The fourth-order valence-corrected chi connectivity index (χ4v) is 2.13. The van der Waals surface area contributed by atoms with Crippen molar-refractivity contribution in [3.63, 3.8) is 0 Å². The molecule has 2 rings (SSSR count). The molecule has 12 heavy (non-hydrogen) atoms. The molecule has 0 aromatic heterocycles. The Morgan fingerprint density at radius 2 is 2.50 bits per heavy atom. The monoisotopic (exact) mass is 228 g/mol. The summed E-state index contributed by atoms with van der Waals surface area (Å²) in [6.45, 7) is 1.02. The molecule has 0 amide bonds. The third-order valence-corrected chi connectivity index (χ3v) is 3.43. The Kier molecular flexibility index (Phi) is 2.24. The Bertz CT molecular complexity index is 235. The van der Waals surface area contributed by atoms with E-state index in [1.54, 1.807) is 0 Å². The number of halogens is 1. The van der Waals surface area contributed by atoms with Gasteiger partial charge in [0.2, 0.25) is 0 Å². The first-order chi connectivity index (χ1) is 5.79. The third kappa shape index (κ3) is 1.31. The second kappa shape index (κ2) is 3.23. The standard InChI is InChI=1S/C9H13BrN2/c1-12-8-5-3-2-4-7(8)11-6-9(12)10/h2-3,5,7,9,11H,4,6H2,1H3. The maximum Gasteiger partial charge on any atom is 0.0964 e. The van der Waals surface area contributed by atoms with Crippen LogP contribution in [0, 0.1) is 0 Å². The molecule has 1 fully saturated rings. The van der Waals surface area contributed by atoms with Crippen molar-refractivity contribution in [2.75, 3.05) is 13.6 Å². The molecule has 3 heteroatoms. The lowest BCUT2D eigenvalue weighted by Gasteiger charge is -2.39. The van der Waals surface area contributed by atoms with E-state index in [-0.39, 0.29) is 0 Å². The molecule has 0 saturated carbocycles. The number of piperazine rings is 1. The molecule has 2 atom stereocenters. The summed E-state index contributed by atoms with van der Waals surface area (Å²) in [4.78, 5) is 2.73. The van der Waals surface area contributed by atoms with Gasteiger partial charge in [-0.15, -0.1) is 0 Å². The van der Waals surface area contributed by atoms with Crippen molar-refractivity contribution >= 4 is 15.9 Å². The second-order valence-electron chi connectivity index (χ2n) is 3.26. The van der Waals surface area contributed by atoms with Crippen molar-refractivity contribution in [2.45, 2.75) is 17.4 Å². The second-order valence-corrected chi connectivity index (χ2v) is 4.32. The highest BCUT2D eigenvalue weighted by Crippen LogP contribution is 2.24. The largest absolute Gasteiger partial charge is 0.363 e. The van der Waals surface area contributed by atoms with Crippen LogP contribution in [0.15, 0.2) is 23.9 Å². The molecular formula is C9H13BrN2. The molecule has 1 heterocycles. The van der Waals surface area contributed by atoms with E-state index in [4.69, 9.17) is 0 Å². The Morgan fingerprint density at radius 1 is 1.67 bits per heavy atom. The number of hydrogen-bond donors (Lipinski definition) is 1. The predicted molar refractivity (Wildman–Crippen MR) is 54.1 cm³/mol. The average molecular weight is 229 g/mol. The lowest BCUT2D eigenvalue weighted by atomic mass is 10.0. The fraction of sp³-hybridized carbons (Fsp3) is 0.556. The molecule has 1 saturated heterocycles. The van der Waals surface area contributed by atoms with Crippen molar-refractivity contribution in [1.29, 1.82) is 0 Å². The summed E-state index contributed by atoms with van der Waals surface area (Å²) in [5, 5.41) is 3.49. The summed E-state index contributed by atoms with van der Waals surface area (Å²) >= 11 is 3.61. The first-order valence-electron chi connectivity index (χ1n) is 4.26. The SMILES string of the molecule is CN1C2=CC=CCC2NCC1Br. The zero-order valence-electron chi connectivity index (χ0n) is 7.13. The van der Waals surface area contributed by atoms with Crippen LogP contribution in [0.5, 0.6) is 0 Å². The molecule has 0 aromatic carbocycles. The molecule has 0 bridgehead atoms. The summed E-state index contributed by atoms with van der Waals surface area (Å²) in [6, 6.07) is 0.536. The van der Waals surface area contributed by atoms with Gasteiger partial charge < -0.3 is 10.2 Å². The molecule has 0 spiro atoms. The summed E-state index contributed by atoms with van der Waals surface area (Å²) in [7, 11) is 2.14. The minimum Gasteiger partial charge on any atom is -0.363 e. The first-order valence-corrected chi connectivity index (χ1v) is 5.17. The highest BCUT2D eigenvalue weighted by Gasteiger charge is 2.27. The van der Waals surface area contributed by atoms with E-state index in [0.29, 0.717) is 11.0 Å². The third-order valence-electron chi connectivity index (χ3n) is 2.49. The summed E-state index contributed by atoms with van der Waals surface area (Å²) in [6.07, 6.45) is 7.66. The van der Waals surface area contributed by atoms with Crippen LogP contribution < -0.4 is 5.32 Å². The van der Waals surface area contributed by atoms with Crippen molar-refractivity contribution in [2.24, 2.45) is 0 Å². The summed E-state index contributed by atoms with van der Waals surface area (Å²) in [5.41, 5.74) is 1.39. The molecule has 1 aliphatic carbocycles. The quantitative estimate of drug-likeness (QED) is 0.499. The Labute approximate surface area is 81.4 Å². The van der Waals surface area contributed by atoms with Crippen molar-refractivity contribution in [1.82, 2.24) is 10.2 Å². The van der Waals surface area contributed by atoms with Gasteiger partial charge in [-0.2, -0.15) is 0 Å². The Balaban J connectivity index is 2.21. The lowest BCUT2D eigenvalue weighted by Crippen LogP contribution is -2.51. The van der Waals surface area contributed by atoms with Gasteiger partial charge in [-0.05, 0) is 12.5 Å². The Hall–Kier alpha value is -0.280. The van der Waals surface area contributed by atoms with E-state index in [2.05, 4.69) is 51.4 Å². The average Bonchev–Trinajstić information content (AvgIpc) is 2.12. The van der Waals surface area contributed by atoms with Gasteiger partial charge in [0.15, 0.2) is 0 Å². The number of likely N-dealkylation sites (N-methyl/N-ethyl adjacent to an activating group) is 1. The van der Waals surface area contributed by atoms with Crippen LogP contribution in [0.3, 0.4) is 0 Å². The van der Waals surface area contributed by atoms with Gasteiger partial charge in [-0.25, -0.2) is 0 Å². The molecule has 0 radical (unpaired) electrons. The predicted octanol–water partition coefficient (Wildman–Crippen LogP) is 1.45. The van der Waals surface area contributed by atoms with Gasteiger partial charge in [0.25, 0.3) is 0 Å². The lowest BCUT2D eigenvalue weighted by molar-refractivity contribution is 0.288. The van der Waals surface area contributed by atoms with E-state index < -0.39 is 0 Å². The van der Waals surface area contributed by atoms with Gasteiger partial charge >= 0.3 is 0 Å².